The molecule has 1 rings (SSSR count). The first-order valence-corrected chi connectivity index (χ1v) is 3.09. The molecule has 1 fully saturated rings. The van der Waals surface area contributed by atoms with Crippen molar-refractivity contribution in [3.63, 3.8) is 0 Å². The first-order valence-electron chi connectivity index (χ1n) is 3.09. The zero-order valence-corrected chi connectivity index (χ0v) is 5.64. The van der Waals surface area contributed by atoms with E-state index in [2.05, 4.69) is 0 Å². The number of nitriles is 1. The summed E-state index contributed by atoms with van der Waals surface area (Å²) < 4.78 is 24.9. The molecule has 10 heavy (non-hydrogen) atoms. The molecule has 0 aliphatic carbocycles. The second-order valence-corrected chi connectivity index (χ2v) is 2.64. The molecule has 0 spiro atoms. The summed E-state index contributed by atoms with van der Waals surface area (Å²) in [6.45, 7) is 1.22. The van der Waals surface area contributed by atoms with Gasteiger partial charge in [-0.3, -0.25) is 0 Å². The number of rotatable bonds is 0. The van der Waals surface area contributed by atoms with Gasteiger partial charge in [0.2, 0.25) is 0 Å². The van der Waals surface area contributed by atoms with Crippen LogP contribution in [0.15, 0.2) is 0 Å². The van der Waals surface area contributed by atoms with Crippen molar-refractivity contribution in [2.75, 3.05) is 6.54 Å². The lowest BCUT2D eigenvalue weighted by atomic mass is 10.2. The van der Waals surface area contributed by atoms with Crippen LogP contribution in [0.1, 0.15) is 13.3 Å². The third-order valence-corrected chi connectivity index (χ3v) is 1.66. The molecule has 1 heterocycles. The quantitative estimate of drug-likeness (QED) is 0.480. The van der Waals surface area contributed by atoms with Gasteiger partial charge in [0.15, 0.2) is 6.19 Å². The predicted octanol–water partition coefficient (Wildman–Crippen LogP) is 1.20. The molecule has 0 bridgehead atoms. The van der Waals surface area contributed by atoms with Gasteiger partial charge in [-0.1, -0.05) is 0 Å². The van der Waals surface area contributed by atoms with Crippen LogP contribution in [0.3, 0.4) is 0 Å². The molecule has 1 aliphatic heterocycles. The Bertz CT molecular complexity index is 173. The highest BCUT2D eigenvalue weighted by Crippen LogP contribution is 2.30. The topological polar surface area (TPSA) is 27.0 Å². The van der Waals surface area contributed by atoms with Gasteiger partial charge in [-0.05, 0) is 6.92 Å². The van der Waals surface area contributed by atoms with Crippen LogP contribution in [0.25, 0.3) is 0 Å². The van der Waals surface area contributed by atoms with E-state index in [1.807, 2.05) is 0 Å². The van der Waals surface area contributed by atoms with Gasteiger partial charge in [0.1, 0.15) is 0 Å². The molecule has 1 aliphatic rings. The molecule has 1 unspecified atom stereocenters. The highest BCUT2D eigenvalue weighted by Gasteiger charge is 2.42. The molecular formula is C6H8F2N2. The third-order valence-electron chi connectivity index (χ3n) is 1.66. The van der Waals surface area contributed by atoms with Gasteiger partial charge in [-0.15, -0.1) is 0 Å². The van der Waals surface area contributed by atoms with Crippen molar-refractivity contribution in [1.82, 2.24) is 4.90 Å². The standard InChI is InChI=1S/C6H8F2N2/c1-5-2-6(7,8)3-10(5)4-9/h5H,2-3H2,1H3. The van der Waals surface area contributed by atoms with Crippen LogP contribution in [0.2, 0.25) is 0 Å². The monoisotopic (exact) mass is 146 g/mol. The van der Waals surface area contributed by atoms with E-state index in [4.69, 9.17) is 5.26 Å². The Morgan fingerprint density at radius 2 is 2.30 bits per heavy atom. The van der Waals surface area contributed by atoms with Gasteiger partial charge in [-0.2, -0.15) is 5.26 Å². The number of nitrogens with zero attached hydrogens (tertiary/aromatic N) is 2. The zero-order chi connectivity index (χ0) is 7.78. The highest BCUT2D eigenvalue weighted by molar-refractivity contribution is 4.94. The molecule has 2 nitrogen and oxygen atoms in total. The SMILES string of the molecule is CC1CC(F)(F)CN1C#N. The highest BCUT2D eigenvalue weighted by atomic mass is 19.3. The summed E-state index contributed by atoms with van der Waals surface area (Å²) >= 11 is 0. The molecule has 0 saturated carbocycles. The summed E-state index contributed by atoms with van der Waals surface area (Å²) in [5, 5.41) is 8.31. The van der Waals surface area contributed by atoms with Crippen molar-refractivity contribution in [3.8, 4) is 6.19 Å². The van der Waals surface area contributed by atoms with E-state index in [0.717, 1.165) is 4.90 Å². The molecule has 56 valence electrons. The number of alkyl halides is 2. The Morgan fingerprint density at radius 1 is 1.70 bits per heavy atom. The van der Waals surface area contributed by atoms with E-state index in [-0.39, 0.29) is 12.5 Å². The van der Waals surface area contributed by atoms with E-state index >= 15 is 0 Å². The number of halogens is 2. The minimum absolute atomic E-state index is 0.194. The average Bonchev–Trinajstić information content (AvgIpc) is 2.05. The maximum atomic E-state index is 12.4. The Balaban J connectivity index is 2.63. The third kappa shape index (κ3) is 1.18. The second-order valence-electron chi connectivity index (χ2n) is 2.64. The van der Waals surface area contributed by atoms with E-state index in [9.17, 15) is 8.78 Å². The first-order chi connectivity index (χ1) is 4.55. The first kappa shape index (κ1) is 7.26. The number of hydrogen-bond acceptors (Lipinski definition) is 2. The predicted molar refractivity (Wildman–Crippen MR) is 31.3 cm³/mol. The van der Waals surface area contributed by atoms with Crippen molar-refractivity contribution >= 4 is 0 Å². The molecule has 0 aromatic carbocycles. The van der Waals surface area contributed by atoms with Crippen molar-refractivity contribution in [3.05, 3.63) is 0 Å². The largest absolute Gasteiger partial charge is 0.302 e. The lowest BCUT2D eigenvalue weighted by Crippen LogP contribution is -2.23. The lowest BCUT2D eigenvalue weighted by molar-refractivity contribution is 0.0160. The van der Waals surface area contributed by atoms with Gasteiger partial charge < -0.3 is 4.90 Å². The van der Waals surface area contributed by atoms with E-state index < -0.39 is 12.5 Å². The van der Waals surface area contributed by atoms with Gasteiger partial charge in [0.05, 0.1) is 6.54 Å². The Hall–Kier alpha value is -0.850. The summed E-state index contributed by atoms with van der Waals surface area (Å²) in [4.78, 5) is 1.11. The minimum Gasteiger partial charge on any atom is -0.302 e. The molecule has 0 N–H and O–H groups in total. The minimum atomic E-state index is -2.66. The molecule has 0 radical (unpaired) electrons. The summed E-state index contributed by atoms with van der Waals surface area (Å²) in [7, 11) is 0. The van der Waals surface area contributed by atoms with E-state index in [0.29, 0.717) is 0 Å². The van der Waals surface area contributed by atoms with Crippen molar-refractivity contribution in [2.24, 2.45) is 0 Å². The van der Waals surface area contributed by atoms with Crippen LogP contribution in [0, 0.1) is 11.5 Å². The van der Waals surface area contributed by atoms with Crippen LogP contribution in [0.4, 0.5) is 8.78 Å². The number of hydrogen-bond donors (Lipinski definition) is 0. The Labute approximate surface area is 58.0 Å². The summed E-state index contributed by atoms with van der Waals surface area (Å²) in [5.41, 5.74) is 0. The fourth-order valence-corrected chi connectivity index (χ4v) is 1.15. The van der Waals surface area contributed by atoms with Crippen molar-refractivity contribution in [1.29, 1.82) is 5.26 Å². The molecule has 1 atom stereocenters. The fraction of sp³-hybridized carbons (Fsp3) is 0.833. The zero-order valence-electron chi connectivity index (χ0n) is 5.64. The van der Waals surface area contributed by atoms with Gasteiger partial charge in [0.25, 0.3) is 5.92 Å². The number of likely N-dealkylation sites (tertiary alicyclic amines) is 1. The second kappa shape index (κ2) is 2.08. The van der Waals surface area contributed by atoms with Gasteiger partial charge >= 0.3 is 0 Å². The summed E-state index contributed by atoms with van der Waals surface area (Å²) in [5.74, 6) is -2.66. The van der Waals surface area contributed by atoms with Gasteiger partial charge in [0, 0.05) is 12.5 Å². The lowest BCUT2D eigenvalue weighted by Gasteiger charge is -2.10. The van der Waals surface area contributed by atoms with Gasteiger partial charge in [-0.25, -0.2) is 8.78 Å². The Kier molecular flexibility index (Phi) is 1.51. The van der Waals surface area contributed by atoms with Crippen LogP contribution < -0.4 is 0 Å². The average molecular weight is 146 g/mol. The maximum Gasteiger partial charge on any atom is 0.268 e. The smallest absolute Gasteiger partial charge is 0.268 e. The molecule has 0 aromatic rings. The van der Waals surface area contributed by atoms with Crippen LogP contribution >= 0.6 is 0 Å². The normalized spacial score (nSPS) is 30.2. The molecule has 0 amide bonds. The Morgan fingerprint density at radius 3 is 2.50 bits per heavy atom. The molecule has 1 saturated heterocycles. The van der Waals surface area contributed by atoms with E-state index in [1.165, 1.54) is 0 Å². The van der Waals surface area contributed by atoms with Crippen LogP contribution in [0.5, 0.6) is 0 Å². The maximum absolute atomic E-state index is 12.4. The summed E-state index contributed by atoms with van der Waals surface area (Å²) in [6, 6.07) is -0.306. The molecular weight excluding hydrogens is 138 g/mol. The van der Waals surface area contributed by atoms with Crippen LogP contribution in [-0.2, 0) is 0 Å². The van der Waals surface area contributed by atoms with Crippen molar-refractivity contribution < 1.29 is 8.78 Å². The van der Waals surface area contributed by atoms with Crippen LogP contribution in [-0.4, -0.2) is 23.4 Å². The molecule has 0 aromatic heterocycles. The molecule has 4 heteroatoms. The summed E-state index contributed by atoms with van der Waals surface area (Å²) in [6.07, 6.45) is 1.53. The fourth-order valence-electron chi connectivity index (χ4n) is 1.15. The van der Waals surface area contributed by atoms with E-state index in [1.54, 1.807) is 13.1 Å². The van der Waals surface area contributed by atoms with Crippen molar-refractivity contribution in [2.45, 2.75) is 25.3 Å².